The van der Waals surface area contributed by atoms with E-state index >= 15 is 0 Å². The molecule has 0 aromatic heterocycles. The van der Waals surface area contributed by atoms with Crippen molar-refractivity contribution >= 4 is 29.4 Å². The summed E-state index contributed by atoms with van der Waals surface area (Å²) in [6.45, 7) is 6.13. The predicted molar refractivity (Wildman–Crippen MR) is 122 cm³/mol. The number of likely N-dealkylation sites (tertiary alicyclic amines) is 1. The van der Waals surface area contributed by atoms with E-state index < -0.39 is 35.9 Å². The number of esters is 1. The van der Waals surface area contributed by atoms with Crippen molar-refractivity contribution in [3.05, 3.63) is 30.4 Å². The number of nitrogens with one attached hydrogen (secondary N) is 1. The number of nitrogens with zero attached hydrogens (tertiary/aromatic N) is 1. The van der Waals surface area contributed by atoms with Gasteiger partial charge in [-0.2, -0.15) is 0 Å². The molecule has 3 amide bonds. The Morgan fingerprint density at radius 2 is 1.65 bits per heavy atom. The molecule has 1 fully saturated rings. The summed E-state index contributed by atoms with van der Waals surface area (Å²) >= 11 is 0. The number of hydrogen-bond acceptors (Lipinski definition) is 7. The maximum atomic E-state index is 13.1. The van der Waals surface area contributed by atoms with Crippen LogP contribution in [0.2, 0.25) is 0 Å². The summed E-state index contributed by atoms with van der Waals surface area (Å²) in [4.78, 5) is 52.9. The molecule has 3 aliphatic rings. The Kier molecular flexibility index (Phi) is 6.90. The predicted octanol–water partition coefficient (Wildman–Crippen LogP) is 2.69. The van der Waals surface area contributed by atoms with E-state index in [0.29, 0.717) is 43.2 Å². The smallest absolute Gasteiger partial charge is 0.330 e. The first-order chi connectivity index (χ1) is 16.3. The molecule has 182 valence electrons. The molecular formula is C25H30N2O7. The number of anilines is 1. The van der Waals surface area contributed by atoms with Crippen LogP contribution in [0.25, 0.3) is 0 Å². The fourth-order valence-corrected chi connectivity index (χ4v) is 4.56. The molecule has 0 radical (unpaired) electrons. The van der Waals surface area contributed by atoms with Crippen molar-refractivity contribution in [2.45, 2.75) is 52.2 Å². The molecule has 1 aromatic carbocycles. The standard InChI is InChI=1S/C25H30N2O7/c1-14(2)12-19(27-23(29)17-6-4-5-7-18(17)24(27)30)25(31)34-15(3)22(28)26-16-8-9-20-21(13-16)33-11-10-32-20/h4-5,8-9,13-15,17-19H,6-7,10-12H2,1-3H3,(H,26,28)/t15-,17-,18+,19+/m0/s1. The van der Waals surface area contributed by atoms with Gasteiger partial charge in [0.25, 0.3) is 5.91 Å². The lowest BCUT2D eigenvalue weighted by molar-refractivity contribution is -0.164. The Morgan fingerprint density at radius 3 is 2.26 bits per heavy atom. The molecule has 1 aliphatic carbocycles. The number of imide groups is 1. The van der Waals surface area contributed by atoms with Gasteiger partial charge in [0.2, 0.25) is 11.8 Å². The number of allylic oxidation sites excluding steroid dienone is 2. The lowest BCUT2D eigenvalue weighted by Gasteiger charge is -2.27. The second-order valence-corrected chi connectivity index (χ2v) is 9.27. The largest absolute Gasteiger partial charge is 0.486 e. The molecule has 34 heavy (non-hydrogen) atoms. The zero-order chi connectivity index (χ0) is 24.4. The highest BCUT2D eigenvalue weighted by Crippen LogP contribution is 2.37. The normalized spacial score (nSPS) is 22.9. The summed E-state index contributed by atoms with van der Waals surface area (Å²) in [6.07, 6.45) is 3.91. The van der Waals surface area contributed by atoms with Crippen LogP contribution in [0.4, 0.5) is 5.69 Å². The van der Waals surface area contributed by atoms with Crippen molar-refractivity contribution in [2.75, 3.05) is 18.5 Å². The maximum Gasteiger partial charge on any atom is 0.330 e. The Bertz CT molecular complexity index is 993. The molecule has 1 saturated heterocycles. The van der Waals surface area contributed by atoms with Crippen molar-refractivity contribution in [1.29, 1.82) is 0 Å². The first-order valence-electron chi connectivity index (χ1n) is 11.7. The minimum absolute atomic E-state index is 0.0285. The van der Waals surface area contributed by atoms with Crippen LogP contribution in [0.5, 0.6) is 11.5 Å². The van der Waals surface area contributed by atoms with Gasteiger partial charge in [-0.1, -0.05) is 26.0 Å². The van der Waals surface area contributed by atoms with Gasteiger partial charge in [-0.15, -0.1) is 0 Å². The van der Waals surface area contributed by atoms with E-state index in [-0.39, 0.29) is 24.2 Å². The zero-order valence-electron chi connectivity index (χ0n) is 19.6. The summed E-state index contributed by atoms with van der Waals surface area (Å²) in [5, 5.41) is 2.70. The van der Waals surface area contributed by atoms with E-state index in [0.717, 1.165) is 4.90 Å². The van der Waals surface area contributed by atoms with Crippen LogP contribution in [0.15, 0.2) is 30.4 Å². The fourth-order valence-electron chi connectivity index (χ4n) is 4.56. The van der Waals surface area contributed by atoms with Crippen LogP contribution >= 0.6 is 0 Å². The van der Waals surface area contributed by atoms with Crippen molar-refractivity contribution in [3.8, 4) is 11.5 Å². The molecule has 0 spiro atoms. The minimum Gasteiger partial charge on any atom is -0.486 e. The maximum absolute atomic E-state index is 13.1. The highest BCUT2D eigenvalue weighted by Gasteiger charge is 2.51. The molecule has 0 saturated carbocycles. The SMILES string of the molecule is CC(C)C[C@H](C(=O)O[C@@H](C)C(=O)Nc1ccc2c(c1)OCCO2)N1C(=O)[C@H]2CC=CC[C@H]2C1=O. The number of carbonyl (C=O) groups excluding carboxylic acids is 4. The van der Waals surface area contributed by atoms with E-state index in [4.69, 9.17) is 14.2 Å². The molecule has 9 heteroatoms. The van der Waals surface area contributed by atoms with Gasteiger partial charge in [0, 0.05) is 11.8 Å². The third-order valence-corrected chi connectivity index (χ3v) is 6.29. The van der Waals surface area contributed by atoms with E-state index in [1.54, 1.807) is 18.2 Å². The van der Waals surface area contributed by atoms with E-state index in [1.165, 1.54) is 6.92 Å². The second-order valence-electron chi connectivity index (χ2n) is 9.27. The lowest BCUT2D eigenvalue weighted by Crippen LogP contribution is -2.48. The van der Waals surface area contributed by atoms with Crippen molar-refractivity contribution in [3.63, 3.8) is 0 Å². The summed E-state index contributed by atoms with van der Waals surface area (Å²) in [5.41, 5.74) is 0.470. The van der Waals surface area contributed by atoms with Gasteiger partial charge in [0.1, 0.15) is 19.3 Å². The Labute approximate surface area is 198 Å². The van der Waals surface area contributed by atoms with Crippen molar-refractivity contribution < 1.29 is 33.4 Å². The average molecular weight is 471 g/mol. The molecule has 4 rings (SSSR count). The molecule has 1 N–H and O–H groups in total. The van der Waals surface area contributed by atoms with Crippen LogP contribution in [0.1, 0.15) is 40.0 Å². The van der Waals surface area contributed by atoms with Gasteiger partial charge in [0.15, 0.2) is 17.6 Å². The first kappa shape index (κ1) is 23.8. The van der Waals surface area contributed by atoms with E-state index in [1.807, 2.05) is 26.0 Å². The zero-order valence-corrected chi connectivity index (χ0v) is 19.6. The molecule has 0 bridgehead atoms. The highest BCUT2D eigenvalue weighted by molar-refractivity contribution is 6.08. The summed E-state index contributed by atoms with van der Waals surface area (Å²) in [7, 11) is 0. The minimum atomic E-state index is -1.13. The average Bonchev–Trinajstić information content (AvgIpc) is 3.07. The molecule has 9 nitrogen and oxygen atoms in total. The molecule has 2 aliphatic heterocycles. The van der Waals surface area contributed by atoms with Gasteiger partial charge in [0.05, 0.1) is 11.8 Å². The number of benzene rings is 1. The Hall–Kier alpha value is -3.36. The van der Waals surface area contributed by atoms with Crippen LogP contribution in [0.3, 0.4) is 0 Å². The summed E-state index contributed by atoms with van der Waals surface area (Å²) in [6, 6.07) is 3.94. The van der Waals surface area contributed by atoms with E-state index in [2.05, 4.69) is 5.32 Å². The number of hydrogen-bond donors (Lipinski definition) is 1. The van der Waals surface area contributed by atoms with Gasteiger partial charge in [-0.3, -0.25) is 19.3 Å². The Balaban J connectivity index is 1.43. The number of ether oxygens (including phenoxy) is 3. The molecule has 0 unspecified atom stereocenters. The van der Waals surface area contributed by atoms with Crippen molar-refractivity contribution in [2.24, 2.45) is 17.8 Å². The van der Waals surface area contributed by atoms with Gasteiger partial charge in [-0.25, -0.2) is 4.79 Å². The van der Waals surface area contributed by atoms with Gasteiger partial charge < -0.3 is 19.5 Å². The third kappa shape index (κ3) is 4.78. The second kappa shape index (κ2) is 9.87. The topological polar surface area (TPSA) is 111 Å². The number of carbonyl (C=O) groups is 4. The fraction of sp³-hybridized carbons (Fsp3) is 0.520. The van der Waals surface area contributed by atoms with Crippen LogP contribution in [-0.2, 0) is 23.9 Å². The summed E-state index contributed by atoms with van der Waals surface area (Å²) < 4.78 is 16.4. The molecule has 1 aromatic rings. The lowest BCUT2D eigenvalue weighted by atomic mass is 9.85. The van der Waals surface area contributed by atoms with E-state index in [9.17, 15) is 19.2 Å². The van der Waals surface area contributed by atoms with Crippen molar-refractivity contribution in [1.82, 2.24) is 4.90 Å². The van der Waals surface area contributed by atoms with Crippen LogP contribution in [0, 0.1) is 17.8 Å². The third-order valence-electron chi connectivity index (χ3n) is 6.29. The molecular weight excluding hydrogens is 440 g/mol. The number of rotatable bonds is 7. The molecule has 4 atom stereocenters. The Morgan fingerprint density at radius 1 is 1.03 bits per heavy atom. The number of amides is 3. The van der Waals surface area contributed by atoms with Gasteiger partial charge in [-0.05, 0) is 44.2 Å². The highest BCUT2D eigenvalue weighted by atomic mass is 16.6. The number of fused-ring (bicyclic) bond motifs is 2. The monoisotopic (exact) mass is 470 g/mol. The van der Waals surface area contributed by atoms with Gasteiger partial charge >= 0.3 is 5.97 Å². The van der Waals surface area contributed by atoms with Crippen LogP contribution < -0.4 is 14.8 Å². The van der Waals surface area contributed by atoms with Crippen LogP contribution in [-0.4, -0.2) is 54.0 Å². The summed E-state index contributed by atoms with van der Waals surface area (Å²) in [5.74, 6) is -1.70. The quantitative estimate of drug-likeness (QED) is 0.370. The molecule has 2 heterocycles. The first-order valence-corrected chi connectivity index (χ1v) is 11.7.